The molecule has 0 N–H and O–H groups in total. The average Bonchev–Trinajstić information content (AvgIpc) is 4.02. The van der Waals surface area contributed by atoms with Crippen LogP contribution in [0.15, 0.2) is 267 Å². The molecule has 2 aliphatic rings. The predicted octanol–water partition coefficient (Wildman–Crippen LogP) is 18.8. The largest absolute Gasteiger partial charge is 0.314 e. The van der Waals surface area contributed by atoms with Crippen LogP contribution in [0.2, 0.25) is 0 Å². The van der Waals surface area contributed by atoms with Crippen LogP contribution < -0.4 is 19.6 Å². The molecule has 4 nitrogen and oxygen atoms in total. The number of hydrogen-bond donors (Lipinski definition) is 0. The summed E-state index contributed by atoms with van der Waals surface area (Å²) in [5.74, 6) is 0. The van der Waals surface area contributed by atoms with Crippen LogP contribution in [0.4, 0.5) is 45.5 Å². The normalized spacial score (nSPS) is 14.0. The molecule has 2 heterocycles. The van der Waals surface area contributed by atoms with Crippen LogP contribution >= 0.6 is 0 Å². The Morgan fingerprint density at radius 2 is 0.365 bits per heavy atom. The molecule has 16 rings (SSSR count). The zero-order valence-electron chi connectivity index (χ0n) is 40.3. The third kappa shape index (κ3) is 6.09. The van der Waals surface area contributed by atoms with Crippen molar-refractivity contribution in [3.05, 3.63) is 267 Å². The van der Waals surface area contributed by atoms with Crippen LogP contribution in [0.3, 0.4) is 0 Å². The van der Waals surface area contributed by atoms with E-state index >= 15 is 0 Å². The van der Waals surface area contributed by atoms with E-state index in [1.165, 1.54) is 86.2 Å². The topological polar surface area (TPSA) is 13.0 Å². The van der Waals surface area contributed by atoms with Crippen LogP contribution in [0.1, 0.15) is 0 Å². The number of rotatable bonds is 5. The van der Waals surface area contributed by atoms with E-state index in [0.717, 1.165) is 45.5 Å². The van der Waals surface area contributed by atoms with Crippen LogP contribution in [-0.2, 0) is 0 Å². The second-order valence-electron chi connectivity index (χ2n) is 20.1. The first-order valence-electron chi connectivity index (χ1n) is 25.7. The zero-order valence-corrected chi connectivity index (χ0v) is 40.3. The van der Waals surface area contributed by atoms with E-state index in [2.05, 4.69) is 287 Å². The molecule has 0 saturated carbocycles. The average molecular weight is 943 g/mol. The van der Waals surface area contributed by atoms with Crippen molar-refractivity contribution in [3.63, 3.8) is 0 Å². The molecule has 0 radical (unpaired) electrons. The van der Waals surface area contributed by atoms with E-state index < -0.39 is 0 Å². The molecule has 4 heteroatoms. The molecule has 0 atom stereocenters. The van der Waals surface area contributed by atoms with Gasteiger partial charge >= 0.3 is 0 Å². The second-order valence-corrected chi connectivity index (χ2v) is 20.1. The molecule has 0 spiro atoms. The van der Waals surface area contributed by atoms with Gasteiger partial charge in [0.05, 0.1) is 22.7 Å². The molecule has 346 valence electrons. The van der Waals surface area contributed by atoms with Crippen LogP contribution in [-0.4, -0.2) is 12.3 Å². The Bertz CT molecular complexity index is 4050. The van der Waals surface area contributed by atoms with Crippen molar-refractivity contribution in [2.45, 2.75) is 12.3 Å². The van der Waals surface area contributed by atoms with Gasteiger partial charge in [-0.2, -0.15) is 0 Å². The first kappa shape index (κ1) is 41.0. The van der Waals surface area contributed by atoms with E-state index in [4.69, 9.17) is 0 Å². The maximum Gasteiger partial charge on any atom is 0.151 e. The Balaban J connectivity index is 1.02. The minimum absolute atomic E-state index is 0.342. The van der Waals surface area contributed by atoms with E-state index in [0.29, 0.717) is 0 Å². The van der Waals surface area contributed by atoms with Crippen molar-refractivity contribution in [1.29, 1.82) is 0 Å². The number of nitrogens with zero attached hydrogens (tertiary/aromatic N) is 4. The molecule has 0 aromatic heterocycles. The lowest BCUT2D eigenvalue weighted by Crippen LogP contribution is -2.58. The van der Waals surface area contributed by atoms with E-state index in [9.17, 15) is 0 Å². The van der Waals surface area contributed by atoms with Gasteiger partial charge in [-0.15, -0.1) is 0 Å². The summed E-state index contributed by atoms with van der Waals surface area (Å²) < 4.78 is 0. The smallest absolute Gasteiger partial charge is 0.151 e. The van der Waals surface area contributed by atoms with Gasteiger partial charge in [0.25, 0.3) is 0 Å². The van der Waals surface area contributed by atoms with Crippen molar-refractivity contribution in [2.75, 3.05) is 19.6 Å². The van der Waals surface area contributed by atoms with Crippen molar-refractivity contribution in [3.8, 4) is 0 Å². The number of benzene rings is 14. The van der Waals surface area contributed by atoms with Crippen LogP contribution in [0.5, 0.6) is 0 Å². The third-order valence-corrected chi connectivity index (χ3v) is 16.2. The lowest BCUT2D eigenvalue weighted by molar-refractivity contribution is 0.550. The van der Waals surface area contributed by atoms with Gasteiger partial charge in [0, 0.05) is 22.7 Å². The van der Waals surface area contributed by atoms with Gasteiger partial charge in [-0.1, -0.05) is 194 Å². The van der Waals surface area contributed by atoms with Gasteiger partial charge < -0.3 is 19.6 Å². The Kier molecular flexibility index (Phi) is 8.83. The van der Waals surface area contributed by atoms with Crippen molar-refractivity contribution in [1.82, 2.24) is 0 Å². The van der Waals surface area contributed by atoms with Crippen molar-refractivity contribution >= 4 is 132 Å². The number of anilines is 8. The van der Waals surface area contributed by atoms with Crippen LogP contribution in [0.25, 0.3) is 86.2 Å². The summed E-state index contributed by atoms with van der Waals surface area (Å²) in [6, 6.07) is 99.9. The minimum atomic E-state index is -0.342. The fraction of sp³-hybridized carbons (Fsp3) is 0.0286. The van der Waals surface area contributed by atoms with Gasteiger partial charge in [-0.3, -0.25) is 0 Å². The lowest BCUT2D eigenvalue weighted by atomic mass is 10.00. The molecule has 0 saturated heterocycles. The second kappa shape index (κ2) is 15.9. The minimum Gasteiger partial charge on any atom is -0.314 e. The summed E-state index contributed by atoms with van der Waals surface area (Å²) in [5.41, 5.74) is 9.13. The summed E-state index contributed by atoms with van der Waals surface area (Å²) >= 11 is 0. The zero-order chi connectivity index (χ0) is 48.4. The molecule has 14 aromatic rings. The van der Waals surface area contributed by atoms with Gasteiger partial charge in [-0.25, -0.2) is 0 Å². The molecule has 0 aliphatic carbocycles. The van der Waals surface area contributed by atoms with Gasteiger partial charge in [-0.05, 0) is 159 Å². The van der Waals surface area contributed by atoms with E-state index in [1.807, 2.05) is 0 Å². The molecule has 2 aliphatic heterocycles. The fourth-order valence-electron chi connectivity index (χ4n) is 12.8. The quantitative estimate of drug-likeness (QED) is 0.159. The summed E-state index contributed by atoms with van der Waals surface area (Å²) in [4.78, 5) is 10.6. The van der Waals surface area contributed by atoms with Crippen molar-refractivity contribution in [2.24, 2.45) is 0 Å². The molecule has 0 unspecified atom stereocenters. The molecule has 0 fully saturated rings. The number of para-hydroxylation sites is 4. The van der Waals surface area contributed by atoms with Crippen molar-refractivity contribution < 1.29 is 0 Å². The lowest BCUT2D eigenvalue weighted by Gasteiger charge is -2.45. The predicted molar refractivity (Wildman–Crippen MR) is 315 cm³/mol. The summed E-state index contributed by atoms with van der Waals surface area (Å²) in [6.07, 6.45) is -0.683. The summed E-state index contributed by atoms with van der Waals surface area (Å²) in [7, 11) is 0. The van der Waals surface area contributed by atoms with Gasteiger partial charge in [0.15, 0.2) is 12.3 Å². The highest BCUT2D eigenvalue weighted by atomic mass is 15.5. The third-order valence-electron chi connectivity index (χ3n) is 16.2. The Hall–Kier alpha value is -9.64. The maximum atomic E-state index is 2.65. The number of fused-ring (bicyclic) bond motifs is 14. The fourth-order valence-corrected chi connectivity index (χ4v) is 12.8. The maximum absolute atomic E-state index is 2.65. The number of hydrogen-bond acceptors (Lipinski definition) is 4. The molecule has 0 amide bonds. The van der Waals surface area contributed by atoms with E-state index in [-0.39, 0.29) is 12.3 Å². The van der Waals surface area contributed by atoms with Gasteiger partial charge in [0.2, 0.25) is 0 Å². The Morgan fingerprint density at radius 3 is 0.608 bits per heavy atom. The SMILES string of the molecule is c1ccc2c(c1)N(c1ccc3ccc4ccccc4c3c1)C(C1N(c3ccc4ccc5ccccc5c4c3)c3ccccc3N1c1ccc3ccc4ccccc4c3c1)N2c1ccc2ccc3ccccc3c2c1. The highest BCUT2D eigenvalue weighted by molar-refractivity contribution is 6.13. The summed E-state index contributed by atoms with van der Waals surface area (Å²) in [6.45, 7) is 0. The first-order valence-corrected chi connectivity index (χ1v) is 25.7. The monoisotopic (exact) mass is 942 g/mol. The Morgan fingerprint density at radius 1 is 0.176 bits per heavy atom. The molecular weight excluding hydrogens is 897 g/mol. The van der Waals surface area contributed by atoms with Gasteiger partial charge in [0.1, 0.15) is 0 Å². The van der Waals surface area contributed by atoms with E-state index in [1.54, 1.807) is 0 Å². The Labute approximate surface area is 428 Å². The standard InChI is InChI=1S/C70H46N4/c1-5-17-57-45(13-1)25-29-49-33-37-53(41-61(49)57)71-65-21-9-10-22-66(65)72(54-38-34-50-30-26-46-14-2-6-18-58(46)62(50)42-54)69(71)70-73(55-39-35-51-31-27-47-15-3-7-19-59(47)63(51)43-55)67-23-11-12-24-68(67)74(70)56-40-36-52-32-28-48-16-4-8-20-60(48)64(52)44-56/h1-44,69-70H. The highest BCUT2D eigenvalue weighted by Crippen LogP contribution is 2.57. The molecule has 74 heavy (non-hydrogen) atoms. The summed E-state index contributed by atoms with van der Waals surface area (Å²) in [5, 5.41) is 19.7. The molecular formula is C70H46N4. The van der Waals surface area contributed by atoms with Crippen LogP contribution in [0, 0.1) is 0 Å². The molecule has 14 aromatic carbocycles. The highest BCUT2D eigenvalue weighted by Gasteiger charge is 2.52. The molecule has 0 bridgehead atoms. The first-order chi connectivity index (χ1) is 36.7.